The molecule has 0 aliphatic carbocycles. The molecule has 2 nitrogen and oxygen atoms in total. The topological polar surface area (TPSA) is 27.0 Å². The summed E-state index contributed by atoms with van der Waals surface area (Å²) in [6.07, 6.45) is 10.4. The summed E-state index contributed by atoms with van der Waals surface area (Å²) in [4.78, 5) is 0. The summed E-state index contributed by atoms with van der Waals surface area (Å²) in [5.74, 6) is 1.63. The van der Waals surface area contributed by atoms with Crippen molar-refractivity contribution in [2.24, 2.45) is 11.8 Å². The second-order valence-corrected chi connectivity index (χ2v) is 8.57. The van der Waals surface area contributed by atoms with Gasteiger partial charge >= 0.3 is 27.8 Å². The van der Waals surface area contributed by atoms with Crippen LogP contribution in [-0.4, -0.2) is 21.7 Å². The van der Waals surface area contributed by atoms with Crippen molar-refractivity contribution in [2.75, 3.05) is 13.1 Å². The van der Waals surface area contributed by atoms with Crippen LogP contribution in [0.25, 0.3) is 5.73 Å². The maximum absolute atomic E-state index is 7.51. The number of nitrogens with one attached hydrogen (secondary N) is 1. The summed E-state index contributed by atoms with van der Waals surface area (Å²) in [7, 11) is 4.09. The molecule has 144 valence electrons. The molecule has 0 radical (unpaired) electrons. The number of hydrogen-bond donors (Lipinski definition) is 0. The molecule has 0 fully saturated rings. The summed E-state index contributed by atoms with van der Waals surface area (Å²) in [6, 6.07) is 0. The number of hydrogen-bond acceptors (Lipinski definition) is 4. The van der Waals surface area contributed by atoms with E-state index < -0.39 is 0 Å². The Labute approximate surface area is 190 Å². The van der Waals surface area contributed by atoms with Gasteiger partial charge in [-0.25, -0.2) is 4.31 Å². The predicted molar refractivity (Wildman–Crippen MR) is 110 cm³/mol. The van der Waals surface area contributed by atoms with Crippen molar-refractivity contribution in [3.63, 3.8) is 0 Å². The van der Waals surface area contributed by atoms with Crippen molar-refractivity contribution < 1.29 is 39.1 Å². The summed E-state index contributed by atoms with van der Waals surface area (Å²) < 4.78 is 2.61. The van der Waals surface area contributed by atoms with Crippen LogP contribution in [0.15, 0.2) is 0 Å². The number of thiocarbonyl (C=S) groups is 1. The molecule has 0 atom stereocenters. The third-order valence-electron chi connectivity index (χ3n) is 3.59. The van der Waals surface area contributed by atoms with Crippen molar-refractivity contribution in [1.29, 1.82) is 0 Å². The molecule has 0 unspecified atom stereocenters. The maximum atomic E-state index is 7.51. The monoisotopic (exact) mass is 559 g/mol. The van der Waals surface area contributed by atoms with Gasteiger partial charge in [0.1, 0.15) is 0 Å². The van der Waals surface area contributed by atoms with Gasteiger partial charge in [0, 0.05) is 34.2 Å². The molecule has 0 amide bonds. The van der Waals surface area contributed by atoms with Crippen molar-refractivity contribution in [1.82, 2.24) is 4.31 Å². The van der Waals surface area contributed by atoms with Gasteiger partial charge in [0.05, 0.1) is 0 Å². The first-order valence-electron chi connectivity index (χ1n) is 8.77. The van der Waals surface area contributed by atoms with Crippen LogP contribution in [-0.2, 0) is 39.1 Å². The van der Waals surface area contributed by atoms with E-state index in [1.807, 2.05) is 0 Å². The third kappa shape index (κ3) is 26.0. The van der Waals surface area contributed by atoms with Gasteiger partial charge in [0.15, 0.2) is 0 Å². The van der Waals surface area contributed by atoms with Gasteiger partial charge in [-0.15, -0.1) is 0 Å². The van der Waals surface area contributed by atoms with Gasteiger partial charge in [-0.05, 0) is 29.0 Å². The molecule has 0 rings (SSSR count). The molecular weight excluding hydrogens is 520 g/mol. The van der Waals surface area contributed by atoms with Crippen molar-refractivity contribution in [3.05, 3.63) is 5.73 Å². The first-order chi connectivity index (χ1) is 10.9. The van der Waals surface area contributed by atoms with E-state index in [2.05, 4.69) is 41.8 Å². The fourth-order valence-electron chi connectivity index (χ4n) is 2.36. The fraction of sp³-hybridized carbons (Fsp3) is 0.941. The molecule has 1 N–H and O–H groups in total. The van der Waals surface area contributed by atoms with Crippen LogP contribution in [0.1, 0.15) is 79.1 Å². The molecule has 0 spiro atoms. The quantitative estimate of drug-likeness (QED) is 0.103. The molecule has 24 heavy (non-hydrogen) atoms. The molecule has 0 bridgehead atoms. The Balaban J connectivity index is -0.00000141. The first kappa shape index (κ1) is 30.5. The Hall–Kier alpha value is 1.80. The van der Waals surface area contributed by atoms with Crippen molar-refractivity contribution >= 4 is 38.3 Å². The minimum absolute atomic E-state index is 0. The van der Waals surface area contributed by atoms with Gasteiger partial charge in [0.2, 0.25) is 0 Å². The Morgan fingerprint density at radius 1 is 0.875 bits per heavy atom. The SMILES string of the molecule is CC(C)CCCCCN(CCCCCC(C)C)SC([NH-])=S.[Mo].[S]=[Mo]. The number of rotatable bonds is 13. The van der Waals surface area contributed by atoms with Gasteiger partial charge in [-0.2, -0.15) is 0 Å². The van der Waals surface area contributed by atoms with Crippen LogP contribution in [0.2, 0.25) is 0 Å². The van der Waals surface area contributed by atoms with E-state index in [1.54, 1.807) is 0 Å². The van der Waals surface area contributed by atoms with Gasteiger partial charge in [-0.3, -0.25) is 0 Å². The molecule has 7 heteroatoms. The summed E-state index contributed by atoms with van der Waals surface area (Å²) >= 11 is 7.92. The zero-order valence-corrected chi connectivity index (χ0v) is 22.2. The van der Waals surface area contributed by atoms with Crippen LogP contribution in [0, 0.1) is 11.8 Å². The third-order valence-corrected chi connectivity index (χ3v) is 4.60. The van der Waals surface area contributed by atoms with Gasteiger partial charge in [-0.1, -0.05) is 90.4 Å². The Bertz CT molecular complexity index is 263. The van der Waals surface area contributed by atoms with Crippen LogP contribution < -0.4 is 0 Å². The Kier molecular flexibility index (Phi) is 29.0. The van der Waals surface area contributed by atoms with Crippen LogP contribution in [0.5, 0.6) is 0 Å². The van der Waals surface area contributed by atoms with E-state index >= 15 is 0 Å². The van der Waals surface area contributed by atoms with Crippen LogP contribution >= 0.6 is 34.0 Å². The fourth-order valence-corrected chi connectivity index (χ4v) is 3.35. The summed E-state index contributed by atoms with van der Waals surface area (Å²) in [5, 5.41) is 0. The second kappa shape index (κ2) is 22.8. The van der Waals surface area contributed by atoms with E-state index in [1.165, 1.54) is 81.3 Å². The molecule has 0 aliphatic heterocycles. The van der Waals surface area contributed by atoms with Crippen molar-refractivity contribution in [3.8, 4) is 0 Å². The Morgan fingerprint density at radius 2 is 1.25 bits per heavy atom. The minimum atomic E-state index is 0. The second-order valence-electron chi connectivity index (χ2n) is 6.79. The molecule has 0 aromatic heterocycles. The molecule has 0 aliphatic rings. The molecule has 0 aromatic rings. The van der Waals surface area contributed by atoms with E-state index in [-0.39, 0.29) is 21.1 Å². The zero-order chi connectivity index (χ0) is 18.1. The number of nitrogens with zero attached hydrogens (tertiary/aromatic N) is 1. The molecular formula is C17H35Mo2N2S3-. The van der Waals surface area contributed by atoms with Crippen molar-refractivity contribution in [2.45, 2.75) is 79.1 Å². The van der Waals surface area contributed by atoms with Crippen LogP contribution in [0.4, 0.5) is 0 Å². The van der Waals surface area contributed by atoms with Gasteiger partial charge in [0.25, 0.3) is 0 Å². The number of unbranched alkanes of at least 4 members (excludes halogenated alkanes) is 4. The first-order valence-corrected chi connectivity index (χ1v) is 12.7. The van der Waals surface area contributed by atoms with E-state index in [0.29, 0.717) is 4.32 Å². The summed E-state index contributed by atoms with van der Waals surface area (Å²) in [5.41, 5.74) is 7.51. The molecule has 0 saturated carbocycles. The van der Waals surface area contributed by atoms with E-state index in [4.69, 9.17) is 18.0 Å². The predicted octanol–water partition coefficient (Wildman–Crippen LogP) is 7.35. The molecule has 0 heterocycles. The van der Waals surface area contributed by atoms with Gasteiger partial charge < -0.3 is 5.73 Å². The van der Waals surface area contributed by atoms with E-state index in [0.717, 1.165) is 24.9 Å². The molecule has 0 aromatic carbocycles. The standard InChI is InChI=1S/C17H36N2S2.2Mo.S/c1-15(2)11-7-5-9-13-19(21-17(18)20)14-10-6-8-12-16(3)4;;;/h15-16H,5-14H2,1-4H3,(H2,18,20);;;/p-1. The normalized spacial score (nSPS) is 10.5. The average molecular weight is 556 g/mol. The Morgan fingerprint density at radius 3 is 1.54 bits per heavy atom. The summed E-state index contributed by atoms with van der Waals surface area (Å²) in [6.45, 7) is 11.3. The van der Waals surface area contributed by atoms with Crippen LogP contribution in [0.3, 0.4) is 0 Å². The van der Waals surface area contributed by atoms with E-state index in [9.17, 15) is 0 Å². The zero-order valence-electron chi connectivity index (χ0n) is 15.7. The molecule has 0 saturated heterocycles. The average Bonchev–Trinajstić information content (AvgIpc) is 2.47.